The third-order valence-corrected chi connectivity index (χ3v) is 4.15. The molecule has 1 saturated heterocycles. The molecule has 1 aliphatic heterocycles. The first-order valence-corrected chi connectivity index (χ1v) is 9.49. The van der Waals surface area contributed by atoms with Crippen LogP contribution in [0.3, 0.4) is 0 Å². The van der Waals surface area contributed by atoms with Gasteiger partial charge in [-0.1, -0.05) is 24.3 Å². The minimum absolute atomic E-state index is 0.0575. The Bertz CT molecular complexity index is 616. The van der Waals surface area contributed by atoms with Gasteiger partial charge in [0.2, 0.25) is 5.91 Å². The summed E-state index contributed by atoms with van der Waals surface area (Å²) in [6.45, 7) is 11.3. The average Bonchev–Trinajstić information content (AvgIpc) is 2.62. The largest absolute Gasteiger partial charge is 0.379 e. The first kappa shape index (κ1) is 21.2. The van der Waals surface area contributed by atoms with Crippen molar-refractivity contribution in [3.05, 3.63) is 35.4 Å². The van der Waals surface area contributed by atoms with Gasteiger partial charge in [-0.05, 0) is 31.9 Å². The molecule has 3 N–H and O–H groups in total. The van der Waals surface area contributed by atoms with E-state index < -0.39 is 0 Å². The van der Waals surface area contributed by atoms with E-state index >= 15 is 0 Å². The van der Waals surface area contributed by atoms with E-state index in [0.717, 1.165) is 32.8 Å². The van der Waals surface area contributed by atoms with Crippen LogP contribution in [-0.4, -0.2) is 62.2 Å². The smallest absolute Gasteiger partial charge is 0.239 e. The summed E-state index contributed by atoms with van der Waals surface area (Å²) in [5, 5.41) is 9.19. The molecule has 0 bridgehead atoms. The summed E-state index contributed by atoms with van der Waals surface area (Å²) in [7, 11) is 1.70. The second-order valence-corrected chi connectivity index (χ2v) is 7.78. The van der Waals surface area contributed by atoms with Crippen LogP contribution >= 0.6 is 0 Å². The molecule has 7 nitrogen and oxygen atoms in total. The van der Waals surface area contributed by atoms with Crippen molar-refractivity contribution in [3.8, 4) is 0 Å². The number of benzene rings is 1. The molecule has 0 atom stereocenters. The van der Waals surface area contributed by atoms with E-state index in [1.807, 2.05) is 20.8 Å². The topological polar surface area (TPSA) is 78.0 Å². The molecule has 1 aliphatic rings. The summed E-state index contributed by atoms with van der Waals surface area (Å²) < 4.78 is 5.39. The first-order valence-electron chi connectivity index (χ1n) is 9.49. The highest BCUT2D eigenvalue weighted by Gasteiger charge is 2.14. The van der Waals surface area contributed by atoms with Crippen molar-refractivity contribution in [3.63, 3.8) is 0 Å². The van der Waals surface area contributed by atoms with Crippen LogP contribution in [0.1, 0.15) is 31.9 Å². The lowest BCUT2D eigenvalue weighted by Gasteiger charge is -2.26. The van der Waals surface area contributed by atoms with Crippen LogP contribution in [0, 0.1) is 0 Å². The van der Waals surface area contributed by atoms with E-state index in [1.165, 1.54) is 11.1 Å². The predicted molar refractivity (Wildman–Crippen MR) is 109 cm³/mol. The summed E-state index contributed by atoms with van der Waals surface area (Å²) in [5.41, 5.74) is 2.24. The molecule has 2 rings (SSSR count). The minimum atomic E-state index is -0.237. The zero-order valence-electron chi connectivity index (χ0n) is 17.0. The highest BCUT2D eigenvalue weighted by molar-refractivity contribution is 5.86. The van der Waals surface area contributed by atoms with E-state index in [-0.39, 0.29) is 18.0 Å². The molecule has 150 valence electrons. The van der Waals surface area contributed by atoms with Crippen molar-refractivity contribution < 1.29 is 9.53 Å². The van der Waals surface area contributed by atoms with Gasteiger partial charge < -0.3 is 20.7 Å². The third kappa shape index (κ3) is 8.41. The fraction of sp³-hybridized carbons (Fsp3) is 0.600. The molecule has 0 aromatic heterocycles. The standard InChI is InChI=1S/C20H33N5O2/c1-20(2,3)24-18(26)14-23-19(21-4)22-13-16-5-7-17(8-6-16)15-25-9-11-27-12-10-25/h5-8H,9-15H2,1-4H3,(H,24,26)(H2,21,22,23). The zero-order chi connectivity index (χ0) is 19.7. The molecule has 0 saturated carbocycles. The Balaban J connectivity index is 1.74. The number of nitrogens with zero attached hydrogens (tertiary/aromatic N) is 2. The van der Waals surface area contributed by atoms with Crippen LogP contribution in [0.2, 0.25) is 0 Å². The molecule has 27 heavy (non-hydrogen) atoms. The molecule has 1 heterocycles. The van der Waals surface area contributed by atoms with E-state index in [2.05, 4.69) is 50.1 Å². The first-order chi connectivity index (χ1) is 12.9. The molecule has 0 spiro atoms. The quantitative estimate of drug-likeness (QED) is 0.513. The zero-order valence-corrected chi connectivity index (χ0v) is 17.0. The van der Waals surface area contributed by atoms with E-state index in [0.29, 0.717) is 12.5 Å². The van der Waals surface area contributed by atoms with E-state index in [9.17, 15) is 4.79 Å². The molecule has 1 fully saturated rings. The summed E-state index contributed by atoms with van der Waals surface area (Å²) in [6, 6.07) is 8.59. The fourth-order valence-corrected chi connectivity index (χ4v) is 2.81. The summed E-state index contributed by atoms with van der Waals surface area (Å²) in [4.78, 5) is 18.5. The number of rotatable bonds is 6. The van der Waals surface area contributed by atoms with Crippen molar-refractivity contribution in [2.75, 3.05) is 39.9 Å². The summed E-state index contributed by atoms with van der Waals surface area (Å²) in [5.74, 6) is 0.550. The van der Waals surface area contributed by atoms with Gasteiger partial charge >= 0.3 is 0 Å². The van der Waals surface area contributed by atoms with Gasteiger partial charge in [0.1, 0.15) is 0 Å². The predicted octanol–water partition coefficient (Wildman–Crippen LogP) is 1.10. The van der Waals surface area contributed by atoms with Gasteiger partial charge in [0.15, 0.2) is 5.96 Å². The molecular formula is C20H33N5O2. The number of amides is 1. The Morgan fingerprint density at radius 3 is 2.33 bits per heavy atom. The number of carbonyl (C=O) groups is 1. The molecule has 0 radical (unpaired) electrons. The molecule has 0 aliphatic carbocycles. The molecular weight excluding hydrogens is 342 g/mol. The Morgan fingerprint density at radius 1 is 1.11 bits per heavy atom. The Morgan fingerprint density at radius 2 is 1.74 bits per heavy atom. The van der Waals surface area contributed by atoms with Gasteiger partial charge in [0.05, 0.1) is 19.8 Å². The van der Waals surface area contributed by atoms with Gasteiger partial charge in [0, 0.05) is 38.8 Å². The highest BCUT2D eigenvalue weighted by Crippen LogP contribution is 2.09. The summed E-state index contributed by atoms with van der Waals surface area (Å²) in [6.07, 6.45) is 0. The van der Waals surface area contributed by atoms with E-state index in [1.54, 1.807) is 7.05 Å². The van der Waals surface area contributed by atoms with Crippen LogP contribution in [0.5, 0.6) is 0 Å². The van der Waals surface area contributed by atoms with Crippen LogP contribution < -0.4 is 16.0 Å². The Hall–Kier alpha value is -2.12. The van der Waals surface area contributed by atoms with Crippen LogP contribution in [0.4, 0.5) is 0 Å². The maximum Gasteiger partial charge on any atom is 0.239 e. The number of guanidine groups is 1. The highest BCUT2D eigenvalue weighted by atomic mass is 16.5. The molecule has 1 amide bonds. The number of carbonyl (C=O) groups excluding carboxylic acids is 1. The van der Waals surface area contributed by atoms with Crippen molar-refractivity contribution in [1.29, 1.82) is 0 Å². The Kier molecular flexibility index (Phi) is 8.06. The van der Waals surface area contributed by atoms with Crippen LogP contribution in [-0.2, 0) is 22.6 Å². The summed E-state index contributed by atoms with van der Waals surface area (Å²) >= 11 is 0. The van der Waals surface area contributed by atoms with Crippen molar-refractivity contribution >= 4 is 11.9 Å². The fourth-order valence-electron chi connectivity index (χ4n) is 2.81. The lowest BCUT2D eigenvalue weighted by Crippen LogP contribution is -2.48. The molecule has 7 heteroatoms. The van der Waals surface area contributed by atoms with Crippen LogP contribution in [0.25, 0.3) is 0 Å². The van der Waals surface area contributed by atoms with E-state index in [4.69, 9.17) is 4.74 Å². The average molecular weight is 376 g/mol. The number of nitrogens with one attached hydrogen (secondary N) is 3. The minimum Gasteiger partial charge on any atom is -0.379 e. The van der Waals surface area contributed by atoms with Gasteiger partial charge in [-0.15, -0.1) is 0 Å². The van der Waals surface area contributed by atoms with Gasteiger partial charge in [-0.3, -0.25) is 14.7 Å². The maximum absolute atomic E-state index is 11.9. The second-order valence-electron chi connectivity index (χ2n) is 7.78. The molecule has 1 aromatic carbocycles. The Labute approximate surface area is 162 Å². The number of hydrogen-bond donors (Lipinski definition) is 3. The lowest BCUT2D eigenvalue weighted by atomic mass is 10.1. The van der Waals surface area contributed by atoms with Gasteiger partial charge in [-0.25, -0.2) is 0 Å². The number of aliphatic imine (C=N–C) groups is 1. The molecule has 1 aromatic rings. The van der Waals surface area contributed by atoms with Gasteiger partial charge in [-0.2, -0.15) is 0 Å². The normalized spacial score (nSPS) is 16.1. The lowest BCUT2D eigenvalue weighted by molar-refractivity contribution is -0.121. The van der Waals surface area contributed by atoms with Gasteiger partial charge in [0.25, 0.3) is 0 Å². The van der Waals surface area contributed by atoms with Crippen molar-refractivity contribution in [2.45, 2.75) is 39.4 Å². The van der Waals surface area contributed by atoms with Crippen LogP contribution in [0.15, 0.2) is 29.3 Å². The SMILES string of the molecule is CN=C(NCC(=O)NC(C)(C)C)NCc1ccc(CN2CCOCC2)cc1. The molecule has 0 unspecified atom stereocenters. The maximum atomic E-state index is 11.9. The second kappa shape index (κ2) is 10.3. The van der Waals surface area contributed by atoms with Crippen molar-refractivity contribution in [2.24, 2.45) is 4.99 Å². The number of hydrogen-bond acceptors (Lipinski definition) is 4. The van der Waals surface area contributed by atoms with Crippen molar-refractivity contribution in [1.82, 2.24) is 20.9 Å². The number of morpholine rings is 1. The third-order valence-electron chi connectivity index (χ3n) is 4.15. The number of ether oxygens (including phenoxy) is 1. The monoisotopic (exact) mass is 375 g/mol.